The number of aromatic nitrogens is 6. The first-order chi connectivity index (χ1) is 23.8. The lowest BCUT2D eigenvalue weighted by molar-refractivity contribution is 0.197. The van der Waals surface area contributed by atoms with E-state index in [-0.39, 0.29) is 38.2 Å². The molecule has 0 bridgehead atoms. The standard InChI is InChI=1S/C18H17FN4O2.C17H15FN4O2/c1-11-6-14(18(23-8-11)25-5-4-24)12-2-3-13(15(19)7-12)16-9-22-17(20)10-21-16;18-15-8-11(14-2-1-5-20-16(14)24-7-6-23)3-4-13(15)12-9-21-17(19)22-10-12/h2-3,6-10,24H,4-5H2,1H3,(H2,20,22);1-5,8-10,23H,6-7H2,(H2,19,21,22). The first kappa shape index (κ1) is 34.2. The van der Waals surface area contributed by atoms with E-state index in [9.17, 15) is 8.78 Å². The molecule has 2 aromatic carbocycles. The van der Waals surface area contributed by atoms with Gasteiger partial charge in [0.15, 0.2) is 0 Å². The highest BCUT2D eigenvalue weighted by atomic mass is 19.1. The average Bonchev–Trinajstić information content (AvgIpc) is 3.11. The number of aryl methyl sites for hydroxylation is 1. The molecule has 0 unspecified atom stereocenters. The molecule has 4 aromatic heterocycles. The molecule has 4 heterocycles. The molecule has 14 heteroatoms. The normalized spacial score (nSPS) is 10.6. The number of aliphatic hydroxyl groups excluding tert-OH is 2. The van der Waals surface area contributed by atoms with Gasteiger partial charge in [-0.25, -0.2) is 33.7 Å². The topological polar surface area (TPSA) is 188 Å². The third-order valence-corrected chi connectivity index (χ3v) is 6.91. The van der Waals surface area contributed by atoms with Gasteiger partial charge in [-0.15, -0.1) is 0 Å². The second-order valence-electron chi connectivity index (χ2n) is 10.4. The molecule has 49 heavy (non-hydrogen) atoms. The van der Waals surface area contributed by atoms with E-state index in [2.05, 4.69) is 29.9 Å². The van der Waals surface area contributed by atoms with Crippen molar-refractivity contribution >= 4 is 11.8 Å². The Hall–Kier alpha value is -6.12. The summed E-state index contributed by atoms with van der Waals surface area (Å²) in [5.74, 6) is 0.242. The molecule has 0 aliphatic rings. The summed E-state index contributed by atoms with van der Waals surface area (Å²) < 4.78 is 40.0. The minimum Gasteiger partial charge on any atom is -0.475 e. The molecular weight excluding hydrogens is 634 g/mol. The zero-order chi connectivity index (χ0) is 34.8. The van der Waals surface area contributed by atoms with Crippen LogP contribution in [0, 0.1) is 18.6 Å². The van der Waals surface area contributed by atoms with Crippen LogP contribution in [-0.2, 0) is 0 Å². The van der Waals surface area contributed by atoms with Gasteiger partial charge in [-0.05, 0) is 60.0 Å². The van der Waals surface area contributed by atoms with Crippen molar-refractivity contribution in [3.8, 4) is 56.4 Å². The largest absolute Gasteiger partial charge is 0.475 e. The van der Waals surface area contributed by atoms with Crippen molar-refractivity contribution in [1.82, 2.24) is 29.9 Å². The van der Waals surface area contributed by atoms with Gasteiger partial charge in [0, 0.05) is 52.6 Å². The van der Waals surface area contributed by atoms with E-state index < -0.39 is 11.6 Å². The molecule has 6 aromatic rings. The molecule has 0 spiro atoms. The number of nitrogens with two attached hydrogens (primary N) is 2. The lowest BCUT2D eigenvalue weighted by atomic mass is 10.0. The number of nitrogens with zero attached hydrogens (tertiary/aromatic N) is 6. The van der Waals surface area contributed by atoms with Gasteiger partial charge in [0.25, 0.3) is 0 Å². The van der Waals surface area contributed by atoms with Gasteiger partial charge in [0.2, 0.25) is 17.7 Å². The number of anilines is 2. The quantitative estimate of drug-likeness (QED) is 0.155. The van der Waals surface area contributed by atoms with Crippen molar-refractivity contribution < 1.29 is 28.5 Å². The van der Waals surface area contributed by atoms with E-state index in [1.807, 2.05) is 13.0 Å². The molecule has 0 atom stereocenters. The maximum Gasteiger partial charge on any atom is 0.221 e. The van der Waals surface area contributed by atoms with Gasteiger partial charge in [0.1, 0.15) is 30.7 Å². The highest BCUT2D eigenvalue weighted by molar-refractivity contribution is 5.74. The summed E-state index contributed by atoms with van der Waals surface area (Å²) in [5, 5.41) is 17.8. The molecular formula is C35H32F2N8O4. The monoisotopic (exact) mass is 666 g/mol. The number of hydrogen-bond donors (Lipinski definition) is 4. The Kier molecular flexibility index (Phi) is 11.3. The van der Waals surface area contributed by atoms with Crippen LogP contribution in [0.15, 0.2) is 91.8 Å². The predicted octanol–water partition coefficient (Wildman–Crippen LogP) is 4.90. The number of halogens is 2. The smallest absolute Gasteiger partial charge is 0.221 e. The van der Waals surface area contributed by atoms with Crippen LogP contribution in [-0.4, -0.2) is 66.5 Å². The van der Waals surface area contributed by atoms with E-state index in [4.69, 9.17) is 31.2 Å². The Morgan fingerprint density at radius 1 is 0.612 bits per heavy atom. The van der Waals surface area contributed by atoms with Crippen molar-refractivity contribution in [2.45, 2.75) is 6.92 Å². The molecule has 6 N–H and O–H groups in total. The summed E-state index contributed by atoms with van der Waals surface area (Å²) in [6.45, 7) is 1.87. The number of hydrogen-bond acceptors (Lipinski definition) is 12. The highest BCUT2D eigenvalue weighted by Gasteiger charge is 2.14. The minimum atomic E-state index is -0.439. The van der Waals surface area contributed by atoms with Crippen molar-refractivity contribution in [2.75, 3.05) is 37.9 Å². The van der Waals surface area contributed by atoms with Crippen LogP contribution in [0.3, 0.4) is 0 Å². The molecule has 0 radical (unpaired) electrons. The molecule has 0 saturated heterocycles. The number of pyridine rings is 2. The summed E-state index contributed by atoms with van der Waals surface area (Å²) in [7, 11) is 0. The molecule has 0 saturated carbocycles. The van der Waals surface area contributed by atoms with Crippen LogP contribution < -0.4 is 20.9 Å². The van der Waals surface area contributed by atoms with E-state index in [0.29, 0.717) is 56.4 Å². The van der Waals surface area contributed by atoms with E-state index in [1.54, 1.807) is 48.8 Å². The molecule has 0 aliphatic heterocycles. The molecule has 6 rings (SSSR count). The number of ether oxygens (including phenoxy) is 2. The van der Waals surface area contributed by atoms with Gasteiger partial charge < -0.3 is 31.2 Å². The van der Waals surface area contributed by atoms with Crippen LogP contribution in [0.5, 0.6) is 11.8 Å². The van der Waals surface area contributed by atoms with Crippen molar-refractivity contribution in [1.29, 1.82) is 0 Å². The number of nitrogen functional groups attached to an aromatic ring is 2. The second kappa shape index (κ2) is 16.1. The fourth-order valence-corrected chi connectivity index (χ4v) is 4.65. The first-order valence-electron chi connectivity index (χ1n) is 14.9. The van der Waals surface area contributed by atoms with Gasteiger partial charge in [-0.2, -0.15) is 0 Å². The van der Waals surface area contributed by atoms with Crippen molar-refractivity contribution in [3.05, 3.63) is 109 Å². The second-order valence-corrected chi connectivity index (χ2v) is 10.4. The highest BCUT2D eigenvalue weighted by Crippen LogP contribution is 2.33. The Labute approximate surface area is 280 Å². The van der Waals surface area contributed by atoms with Gasteiger partial charge in [-0.3, -0.25) is 4.98 Å². The van der Waals surface area contributed by atoms with Crippen molar-refractivity contribution in [2.24, 2.45) is 0 Å². The SMILES string of the molecule is Cc1cnc(OCCO)c(-c2ccc(-c3cnc(N)cn3)c(F)c2)c1.Nc1ncc(-c2ccc(-c3cccnc3OCCO)cc2F)cn1. The molecule has 0 aliphatic carbocycles. The zero-order valence-electron chi connectivity index (χ0n) is 26.3. The summed E-state index contributed by atoms with van der Waals surface area (Å²) >= 11 is 0. The van der Waals surface area contributed by atoms with Crippen LogP contribution >= 0.6 is 0 Å². The number of benzene rings is 2. The van der Waals surface area contributed by atoms with Crippen LogP contribution in [0.25, 0.3) is 44.6 Å². The van der Waals surface area contributed by atoms with E-state index >= 15 is 0 Å². The molecule has 0 amide bonds. The van der Waals surface area contributed by atoms with E-state index in [1.165, 1.54) is 36.9 Å². The third-order valence-electron chi connectivity index (χ3n) is 6.91. The van der Waals surface area contributed by atoms with Crippen LogP contribution in [0.1, 0.15) is 5.56 Å². The van der Waals surface area contributed by atoms with Gasteiger partial charge in [0.05, 0.1) is 31.3 Å². The van der Waals surface area contributed by atoms with Gasteiger partial charge >= 0.3 is 0 Å². The summed E-state index contributed by atoms with van der Waals surface area (Å²) in [4.78, 5) is 24.1. The fraction of sp³-hybridized carbons (Fsp3) is 0.143. The van der Waals surface area contributed by atoms with Crippen LogP contribution in [0.4, 0.5) is 20.5 Å². The van der Waals surface area contributed by atoms with Crippen molar-refractivity contribution in [3.63, 3.8) is 0 Å². The Balaban J connectivity index is 0.000000191. The fourth-order valence-electron chi connectivity index (χ4n) is 4.65. The van der Waals surface area contributed by atoms with E-state index in [0.717, 1.165) is 5.56 Å². The maximum absolute atomic E-state index is 14.6. The summed E-state index contributed by atoms with van der Waals surface area (Å²) in [6.07, 6.45) is 8.99. The summed E-state index contributed by atoms with van der Waals surface area (Å²) in [6, 6.07) is 15.0. The first-order valence-corrected chi connectivity index (χ1v) is 14.9. The molecule has 250 valence electrons. The third kappa shape index (κ3) is 8.62. The lowest BCUT2D eigenvalue weighted by Gasteiger charge is -2.12. The lowest BCUT2D eigenvalue weighted by Crippen LogP contribution is -2.04. The van der Waals surface area contributed by atoms with Crippen LogP contribution in [0.2, 0.25) is 0 Å². The maximum atomic E-state index is 14.6. The number of rotatable bonds is 10. The molecule has 12 nitrogen and oxygen atoms in total. The Morgan fingerprint density at radius 2 is 1.24 bits per heavy atom. The summed E-state index contributed by atoms with van der Waals surface area (Å²) in [5.41, 5.74) is 16.0. The van der Waals surface area contributed by atoms with Gasteiger partial charge in [-0.1, -0.05) is 18.2 Å². The zero-order valence-corrected chi connectivity index (χ0v) is 26.3. The molecule has 0 fully saturated rings. The predicted molar refractivity (Wildman–Crippen MR) is 180 cm³/mol. The Morgan fingerprint density at radius 3 is 1.86 bits per heavy atom. The number of aliphatic hydroxyl groups is 2. The minimum absolute atomic E-state index is 0.116. The average molecular weight is 667 g/mol. The Bertz CT molecular complexity index is 2020.